The van der Waals surface area contributed by atoms with Gasteiger partial charge in [0.05, 0.1) is 24.8 Å². The third-order valence-electron chi connectivity index (χ3n) is 4.27. The van der Waals surface area contributed by atoms with E-state index in [2.05, 4.69) is 5.32 Å². The number of carbonyl (C=O) groups excluding carboxylic acids is 1. The summed E-state index contributed by atoms with van der Waals surface area (Å²) >= 11 is 0. The van der Waals surface area contributed by atoms with E-state index in [1.807, 2.05) is 38.1 Å². The van der Waals surface area contributed by atoms with Crippen LogP contribution < -0.4 is 10.1 Å². The number of ether oxygens (including phenoxy) is 1. The quantitative estimate of drug-likeness (QED) is 0.847. The van der Waals surface area contributed by atoms with Crippen LogP contribution in [0.15, 0.2) is 24.3 Å². The number of hydrogen-bond donors (Lipinski definition) is 1. The largest absolute Gasteiger partial charge is 0.494 e. The molecule has 1 fully saturated rings. The van der Waals surface area contributed by atoms with Gasteiger partial charge in [-0.15, -0.1) is 0 Å². The molecule has 1 heterocycles. The Hall–Kier alpha value is -1.60. The molecule has 1 saturated heterocycles. The first-order valence-electron chi connectivity index (χ1n) is 8.29. The molecule has 1 amide bonds. The SMILES string of the molecule is CCOc1ccc(C(C)NC(=O)C2CCCN(S(C)(=O)=O)C2)cc1. The van der Waals surface area contributed by atoms with Crippen molar-refractivity contribution < 1.29 is 17.9 Å². The smallest absolute Gasteiger partial charge is 0.224 e. The maximum absolute atomic E-state index is 12.5. The number of benzene rings is 1. The Morgan fingerprint density at radius 1 is 1.38 bits per heavy atom. The van der Waals surface area contributed by atoms with E-state index in [0.29, 0.717) is 26.0 Å². The highest BCUT2D eigenvalue weighted by Gasteiger charge is 2.30. The molecule has 1 N–H and O–H groups in total. The molecule has 0 spiro atoms. The molecule has 0 aliphatic carbocycles. The van der Waals surface area contributed by atoms with Crippen molar-refractivity contribution in [2.75, 3.05) is 26.0 Å². The van der Waals surface area contributed by atoms with Crippen LogP contribution in [-0.4, -0.2) is 44.6 Å². The number of nitrogens with zero attached hydrogens (tertiary/aromatic N) is 1. The van der Waals surface area contributed by atoms with E-state index in [1.165, 1.54) is 10.6 Å². The third kappa shape index (κ3) is 4.95. The van der Waals surface area contributed by atoms with Gasteiger partial charge in [0.15, 0.2) is 0 Å². The van der Waals surface area contributed by atoms with Gasteiger partial charge in [-0.2, -0.15) is 0 Å². The number of hydrogen-bond acceptors (Lipinski definition) is 4. The summed E-state index contributed by atoms with van der Waals surface area (Å²) in [7, 11) is -3.24. The molecular weight excluding hydrogens is 328 g/mol. The fourth-order valence-corrected chi connectivity index (χ4v) is 3.80. The lowest BCUT2D eigenvalue weighted by Gasteiger charge is -2.30. The Bertz CT molecular complexity index is 658. The van der Waals surface area contributed by atoms with Crippen LogP contribution in [0.25, 0.3) is 0 Å². The van der Waals surface area contributed by atoms with Crippen LogP contribution in [0.3, 0.4) is 0 Å². The molecule has 1 aromatic carbocycles. The fourth-order valence-electron chi connectivity index (χ4n) is 2.89. The Labute approximate surface area is 144 Å². The van der Waals surface area contributed by atoms with Crippen LogP contribution in [0.4, 0.5) is 0 Å². The number of piperidine rings is 1. The predicted octanol–water partition coefficient (Wildman–Crippen LogP) is 1.93. The van der Waals surface area contributed by atoms with Crippen LogP contribution in [0, 0.1) is 5.92 Å². The number of carbonyl (C=O) groups is 1. The molecule has 2 rings (SSSR count). The molecule has 0 bridgehead atoms. The van der Waals surface area contributed by atoms with Crippen molar-refractivity contribution in [3.05, 3.63) is 29.8 Å². The molecule has 0 radical (unpaired) electrons. The second kappa shape index (κ2) is 7.98. The fraction of sp³-hybridized carbons (Fsp3) is 0.588. The standard InChI is InChI=1S/C17H26N2O4S/c1-4-23-16-9-7-14(8-10-16)13(2)18-17(20)15-6-5-11-19(12-15)24(3,21)22/h7-10,13,15H,4-6,11-12H2,1-3H3,(H,18,20). The summed E-state index contributed by atoms with van der Waals surface area (Å²) in [5.74, 6) is 0.416. The third-order valence-corrected chi connectivity index (χ3v) is 5.54. The van der Waals surface area contributed by atoms with Crippen LogP contribution in [0.5, 0.6) is 5.75 Å². The van der Waals surface area contributed by atoms with Crippen LogP contribution >= 0.6 is 0 Å². The average molecular weight is 354 g/mol. The van der Waals surface area contributed by atoms with Gasteiger partial charge in [-0.05, 0) is 44.4 Å². The Balaban J connectivity index is 1.95. The van der Waals surface area contributed by atoms with Gasteiger partial charge < -0.3 is 10.1 Å². The number of sulfonamides is 1. The van der Waals surface area contributed by atoms with E-state index in [4.69, 9.17) is 4.74 Å². The molecule has 24 heavy (non-hydrogen) atoms. The summed E-state index contributed by atoms with van der Waals surface area (Å²) < 4.78 is 30.1. The minimum absolute atomic E-state index is 0.0928. The van der Waals surface area contributed by atoms with Gasteiger partial charge in [0.2, 0.25) is 15.9 Å². The van der Waals surface area contributed by atoms with Crippen molar-refractivity contribution in [2.24, 2.45) is 5.92 Å². The van der Waals surface area contributed by atoms with Crippen LogP contribution in [0.1, 0.15) is 38.3 Å². The van der Waals surface area contributed by atoms with Gasteiger partial charge in [-0.1, -0.05) is 12.1 Å². The van der Waals surface area contributed by atoms with E-state index >= 15 is 0 Å². The first kappa shape index (κ1) is 18.7. The summed E-state index contributed by atoms with van der Waals surface area (Å²) in [6, 6.07) is 7.49. The maximum atomic E-state index is 12.5. The van der Waals surface area contributed by atoms with Crippen LogP contribution in [0.2, 0.25) is 0 Å². The van der Waals surface area contributed by atoms with Gasteiger partial charge in [0, 0.05) is 13.1 Å². The summed E-state index contributed by atoms with van der Waals surface area (Å²) in [5.41, 5.74) is 0.989. The lowest BCUT2D eigenvalue weighted by Crippen LogP contribution is -2.45. The zero-order chi connectivity index (χ0) is 17.7. The zero-order valence-corrected chi connectivity index (χ0v) is 15.3. The first-order valence-corrected chi connectivity index (χ1v) is 10.1. The van der Waals surface area contributed by atoms with E-state index < -0.39 is 10.0 Å². The monoisotopic (exact) mass is 354 g/mol. The number of amides is 1. The normalized spacial score (nSPS) is 20.4. The highest BCUT2D eigenvalue weighted by molar-refractivity contribution is 7.88. The number of nitrogens with one attached hydrogen (secondary N) is 1. The van der Waals surface area contributed by atoms with Crippen molar-refractivity contribution in [3.8, 4) is 5.75 Å². The van der Waals surface area contributed by atoms with Gasteiger partial charge in [0.25, 0.3) is 0 Å². The Morgan fingerprint density at radius 2 is 2.04 bits per heavy atom. The van der Waals surface area contributed by atoms with Gasteiger partial charge in [0.1, 0.15) is 5.75 Å². The van der Waals surface area contributed by atoms with Crippen LogP contribution in [-0.2, 0) is 14.8 Å². The highest BCUT2D eigenvalue weighted by atomic mass is 32.2. The van der Waals surface area contributed by atoms with Gasteiger partial charge in [-0.3, -0.25) is 4.79 Å². The molecule has 1 aliphatic heterocycles. The highest BCUT2D eigenvalue weighted by Crippen LogP contribution is 2.21. The molecule has 6 nitrogen and oxygen atoms in total. The van der Waals surface area contributed by atoms with E-state index in [0.717, 1.165) is 11.3 Å². The average Bonchev–Trinajstić information content (AvgIpc) is 2.55. The summed E-state index contributed by atoms with van der Waals surface area (Å²) in [5, 5.41) is 2.99. The summed E-state index contributed by atoms with van der Waals surface area (Å²) in [6.45, 7) is 5.23. The lowest BCUT2D eigenvalue weighted by molar-refractivity contribution is -0.126. The molecular formula is C17H26N2O4S. The van der Waals surface area contributed by atoms with E-state index in [1.54, 1.807) is 0 Å². The van der Waals surface area contributed by atoms with Gasteiger partial charge >= 0.3 is 0 Å². The minimum atomic E-state index is -3.24. The molecule has 7 heteroatoms. The molecule has 1 aliphatic rings. The molecule has 0 saturated carbocycles. The lowest BCUT2D eigenvalue weighted by atomic mass is 9.98. The second-order valence-corrected chi connectivity index (χ2v) is 8.17. The van der Waals surface area contributed by atoms with E-state index in [9.17, 15) is 13.2 Å². The second-order valence-electron chi connectivity index (χ2n) is 6.19. The molecule has 0 aromatic heterocycles. The van der Waals surface area contributed by atoms with Crippen molar-refractivity contribution in [1.82, 2.24) is 9.62 Å². The van der Waals surface area contributed by atoms with E-state index in [-0.39, 0.29) is 24.4 Å². The summed E-state index contributed by atoms with van der Waals surface area (Å²) in [4.78, 5) is 12.5. The van der Waals surface area contributed by atoms with Crippen molar-refractivity contribution in [2.45, 2.75) is 32.7 Å². The van der Waals surface area contributed by atoms with Crippen molar-refractivity contribution >= 4 is 15.9 Å². The predicted molar refractivity (Wildman–Crippen MR) is 93.3 cm³/mol. The van der Waals surface area contributed by atoms with Crippen molar-refractivity contribution in [1.29, 1.82) is 0 Å². The summed E-state index contributed by atoms with van der Waals surface area (Å²) in [6.07, 6.45) is 2.62. The Morgan fingerprint density at radius 3 is 2.62 bits per heavy atom. The topological polar surface area (TPSA) is 75.7 Å². The van der Waals surface area contributed by atoms with Gasteiger partial charge in [-0.25, -0.2) is 12.7 Å². The number of rotatable bonds is 6. The molecule has 2 unspecified atom stereocenters. The zero-order valence-electron chi connectivity index (χ0n) is 14.5. The van der Waals surface area contributed by atoms with Crippen molar-refractivity contribution in [3.63, 3.8) is 0 Å². The maximum Gasteiger partial charge on any atom is 0.224 e. The molecule has 1 aromatic rings. The first-order chi connectivity index (χ1) is 11.3. The minimum Gasteiger partial charge on any atom is -0.494 e. The Kier molecular flexibility index (Phi) is 6.23. The molecule has 2 atom stereocenters. The molecule has 134 valence electrons.